The van der Waals surface area contributed by atoms with Crippen LogP contribution in [0, 0.1) is 12.8 Å². The van der Waals surface area contributed by atoms with Crippen molar-refractivity contribution in [3.8, 4) is 0 Å². The molecule has 1 N–H and O–H groups in total. The van der Waals surface area contributed by atoms with E-state index in [9.17, 15) is 4.79 Å². The molecule has 24 heavy (non-hydrogen) atoms. The second kappa shape index (κ2) is 8.87. The number of aromatic nitrogens is 3. The quantitative estimate of drug-likeness (QED) is 0.588. The van der Waals surface area contributed by atoms with Crippen LogP contribution in [0.2, 0.25) is 0 Å². The van der Waals surface area contributed by atoms with Crippen molar-refractivity contribution < 1.29 is 4.79 Å². The van der Waals surface area contributed by atoms with Crippen LogP contribution in [0.3, 0.4) is 0 Å². The lowest BCUT2D eigenvalue weighted by molar-refractivity contribution is 0.0952. The van der Waals surface area contributed by atoms with Gasteiger partial charge < -0.3 is 9.88 Å². The summed E-state index contributed by atoms with van der Waals surface area (Å²) in [6.07, 6.45) is 3.68. The molecule has 1 heterocycles. The second-order valence-electron chi connectivity index (χ2n) is 6.28. The highest BCUT2D eigenvalue weighted by Crippen LogP contribution is 2.16. The summed E-state index contributed by atoms with van der Waals surface area (Å²) in [4.78, 5) is 12.2. The topological polar surface area (TPSA) is 59.8 Å². The normalized spacial score (nSPS) is 11.0. The molecule has 0 aliphatic heterocycles. The molecule has 130 valence electrons. The minimum absolute atomic E-state index is 0.0125. The Morgan fingerprint density at radius 3 is 2.71 bits per heavy atom. The van der Waals surface area contributed by atoms with Gasteiger partial charge in [0, 0.05) is 25.1 Å². The van der Waals surface area contributed by atoms with Crippen LogP contribution in [0.15, 0.2) is 29.4 Å². The molecule has 0 aliphatic carbocycles. The summed E-state index contributed by atoms with van der Waals surface area (Å²) in [7, 11) is 0. The van der Waals surface area contributed by atoms with Gasteiger partial charge in [0.1, 0.15) is 5.82 Å². The summed E-state index contributed by atoms with van der Waals surface area (Å²) in [6.45, 7) is 7.89. The first-order valence-corrected chi connectivity index (χ1v) is 9.55. The van der Waals surface area contributed by atoms with Gasteiger partial charge in [-0.3, -0.25) is 4.79 Å². The molecule has 0 radical (unpaired) electrons. The highest BCUT2D eigenvalue weighted by Gasteiger charge is 2.13. The lowest BCUT2D eigenvalue weighted by atomic mass is 10.1. The molecule has 2 aromatic rings. The van der Waals surface area contributed by atoms with Crippen LogP contribution in [0.1, 0.15) is 42.0 Å². The third-order valence-electron chi connectivity index (χ3n) is 3.78. The maximum atomic E-state index is 12.2. The van der Waals surface area contributed by atoms with E-state index in [1.165, 1.54) is 0 Å². The van der Waals surface area contributed by atoms with Crippen LogP contribution < -0.4 is 5.32 Å². The van der Waals surface area contributed by atoms with E-state index in [0.717, 1.165) is 41.5 Å². The van der Waals surface area contributed by atoms with Gasteiger partial charge >= 0.3 is 0 Å². The molecule has 0 atom stereocenters. The van der Waals surface area contributed by atoms with Crippen LogP contribution in [-0.4, -0.2) is 33.5 Å². The van der Waals surface area contributed by atoms with E-state index in [-0.39, 0.29) is 5.91 Å². The van der Waals surface area contributed by atoms with E-state index in [1.54, 1.807) is 11.8 Å². The standard InChI is InChI=1S/C18H26N4OS/c1-13(2)12-22-16(20-21-18(22)24-4)10-7-11-19-17(23)15-9-6-5-8-14(15)3/h5-6,8-9,13H,7,10-12H2,1-4H3,(H,19,23). The number of hydrogen-bond acceptors (Lipinski definition) is 4. The van der Waals surface area contributed by atoms with Crippen LogP contribution >= 0.6 is 11.8 Å². The predicted molar refractivity (Wildman–Crippen MR) is 98.5 cm³/mol. The van der Waals surface area contributed by atoms with Gasteiger partial charge in [-0.2, -0.15) is 0 Å². The molecule has 0 saturated carbocycles. The van der Waals surface area contributed by atoms with Gasteiger partial charge in [0.25, 0.3) is 5.91 Å². The molecule has 0 saturated heterocycles. The van der Waals surface area contributed by atoms with Gasteiger partial charge in [0.2, 0.25) is 0 Å². The van der Waals surface area contributed by atoms with Crippen molar-refractivity contribution in [3.63, 3.8) is 0 Å². The van der Waals surface area contributed by atoms with E-state index < -0.39 is 0 Å². The van der Waals surface area contributed by atoms with E-state index >= 15 is 0 Å². The first kappa shape index (κ1) is 18.5. The average Bonchev–Trinajstić information content (AvgIpc) is 2.93. The summed E-state index contributed by atoms with van der Waals surface area (Å²) in [5.74, 6) is 1.53. The third kappa shape index (κ3) is 4.84. The number of nitrogens with zero attached hydrogens (tertiary/aromatic N) is 3. The maximum Gasteiger partial charge on any atom is 0.251 e. The van der Waals surface area contributed by atoms with Crippen molar-refractivity contribution in [2.75, 3.05) is 12.8 Å². The van der Waals surface area contributed by atoms with Gasteiger partial charge in [-0.05, 0) is 37.1 Å². The number of benzene rings is 1. The van der Waals surface area contributed by atoms with Crippen LogP contribution in [-0.2, 0) is 13.0 Å². The molecule has 6 heteroatoms. The molecule has 0 spiro atoms. The van der Waals surface area contributed by atoms with E-state index in [0.29, 0.717) is 12.5 Å². The highest BCUT2D eigenvalue weighted by molar-refractivity contribution is 7.98. The third-order valence-corrected chi connectivity index (χ3v) is 4.44. The number of aryl methyl sites for hydroxylation is 2. The Morgan fingerprint density at radius 2 is 2.04 bits per heavy atom. The summed E-state index contributed by atoms with van der Waals surface area (Å²) in [5, 5.41) is 12.5. The fourth-order valence-electron chi connectivity index (χ4n) is 2.57. The summed E-state index contributed by atoms with van der Waals surface area (Å²) in [6, 6.07) is 7.64. The number of hydrogen-bond donors (Lipinski definition) is 1. The van der Waals surface area contributed by atoms with Gasteiger partial charge in [-0.1, -0.05) is 43.8 Å². The van der Waals surface area contributed by atoms with E-state index in [2.05, 4.69) is 33.9 Å². The lowest BCUT2D eigenvalue weighted by Gasteiger charge is -2.12. The molecule has 0 fully saturated rings. The van der Waals surface area contributed by atoms with E-state index in [1.807, 2.05) is 37.4 Å². The fourth-order valence-corrected chi connectivity index (χ4v) is 3.10. The summed E-state index contributed by atoms with van der Waals surface area (Å²) < 4.78 is 2.19. The number of nitrogens with one attached hydrogen (secondary N) is 1. The largest absolute Gasteiger partial charge is 0.352 e. The van der Waals surface area contributed by atoms with Crippen molar-refractivity contribution in [1.29, 1.82) is 0 Å². The molecule has 1 amide bonds. The monoisotopic (exact) mass is 346 g/mol. The first-order chi connectivity index (χ1) is 11.5. The molecule has 0 bridgehead atoms. The zero-order valence-corrected chi connectivity index (χ0v) is 15.7. The maximum absolute atomic E-state index is 12.2. The number of rotatable bonds is 8. The second-order valence-corrected chi connectivity index (χ2v) is 7.06. The minimum atomic E-state index is -0.0125. The Kier molecular flexibility index (Phi) is 6.85. The molecule has 2 rings (SSSR count). The minimum Gasteiger partial charge on any atom is -0.352 e. The SMILES string of the molecule is CSc1nnc(CCCNC(=O)c2ccccc2C)n1CC(C)C. The molecular weight excluding hydrogens is 320 g/mol. The predicted octanol–water partition coefficient (Wildman–Crippen LogP) is 3.33. The Hall–Kier alpha value is -1.82. The van der Waals surface area contributed by atoms with Crippen LogP contribution in [0.4, 0.5) is 0 Å². The highest BCUT2D eigenvalue weighted by atomic mass is 32.2. The Morgan fingerprint density at radius 1 is 1.29 bits per heavy atom. The van der Waals surface area contributed by atoms with Crippen LogP contribution in [0.5, 0.6) is 0 Å². The fraction of sp³-hybridized carbons (Fsp3) is 0.500. The number of carbonyl (C=O) groups is 1. The molecular formula is C18H26N4OS. The van der Waals surface area contributed by atoms with E-state index in [4.69, 9.17) is 0 Å². The lowest BCUT2D eigenvalue weighted by Crippen LogP contribution is -2.25. The molecule has 0 aliphatic rings. The Bertz CT molecular complexity index is 681. The average molecular weight is 347 g/mol. The van der Waals surface area contributed by atoms with Crippen molar-refractivity contribution in [2.45, 2.75) is 45.3 Å². The molecule has 1 aromatic heterocycles. The van der Waals surface area contributed by atoms with Crippen LogP contribution in [0.25, 0.3) is 0 Å². The molecule has 5 nitrogen and oxygen atoms in total. The first-order valence-electron chi connectivity index (χ1n) is 8.32. The van der Waals surface area contributed by atoms with Gasteiger partial charge in [-0.25, -0.2) is 0 Å². The van der Waals surface area contributed by atoms with Crippen molar-refractivity contribution in [1.82, 2.24) is 20.1 Å². The summed E-state index contributed by atoms with van der Waals surface area (Å²) >= 11 is 1.62. The number of carbonyl (C=O) groups excluding carboxylic acids is 1. The smallest absolute Gasteiger partial charge is 0.251 e. The van der Waals surface area contributed by atoms with Crippen molar-refractivity contribution >= 4 is 17.7 Å². The molecule has 1 aromatic carbocycles. The summed E-state index contributed by atoms with van der Waals surface area (Å²) in [5.41, 5.74) is 1.74. The van der Waals surface area contributed by atoms with Crippen molar-refractivity contribution in [2.24, 2.45) is 5.92 Å². The van der Waals surface area contributed by atoms with Gasteiger partial charge in [-0.15, -0.1) is 10.2 Å². The number of thioether (sulfide) groups is 1. The number of amides is 1. The zero-order valence-electron chi connectivity index (χ0n) is 14.9. The van der Waals surface area contributed by atoms with Gasteiger partial charge in [0.15, 0.2) is 5.16 Å². The molecule has 0 unspecified atom stereocenters. The van der Waals surface area contributed by atoms with Gasteiger partial charge in [0.05, 0.1) is 0 Å². The Labute approximate surface area is 148 Å². The van der Waals surface area contributed by atoms with Crippen molar-refractivity contribution in [3.05, 3.63) is 41.2 Å². The Balaban J connectivity index is 1.87. The zero-order chi connectivity index (χ0) is 17.5.